The summed E-state index contributed by atoms with van der Waals surface area (Å²) in [5.41, 5.74) is 7.35. The molecule has 0 unspecified atom stereocenters. The van der Waals surface area contributed by atoms with E-state index in [4.69, 9.17) is 17.3 Å². The molecule has 0 saturated heterocycles. The molecule has 0 bridgehead atoms. The third-order valence-corrected chi connectivity index (χ3v) is 2.93. The van der Waals surface area contributed by atoms with Gasteiger partial charge in [0, 0.05) is 24.9 Å². The highest BCUT2D eigenvalue weighted by Gasteiger charge is 2.12. The monoisotopic (exact) mass is 277 g/mol. The van der Waals surface area contributed by atoms with E-state index in [1.54, 1.807) is 12.4 Å². The lowest BCUT2D eigenvalue weighted by Crippen LogP contribution is -2.09. The van der Waals surface area contributed by atoms with Crippen LogP contribution in [0.1, 0.15) is 31.2 Å². The number of nitrogen functional groups attached to an aromatic ring is 1. The van der Waals surface area contributed by atoms with Crippen LogP contribution in [0.25, 0.3) is 0 Å². The highest BCUT2D eigenvalue weighted by atomic mass is 35.5. The number of halogens is 1. The second-order valence-corrected chi connectivity index (χ2v) is 4.86. The first-order chi connectivity index (χ1) is 9.08. The van der Waals surface area contributed by atoms with Crippen molar-refractivity contribution in [3.63, 3.8) is 0 Å². The van der Waals surface area contributed by atoms with Gasteiger partial charge in [-0.25, -0.2) is 9.97 Å². The Morgan fingerprint density at radius 3 is 2.58 bits per heavy atom. The smallest absolute Gasteiger partial charge is 0.157 e. The lowest BCUT2D eigenvalue weighted by Gasteiger charge is -2.12. The maximum absolute atomic E-state index is 6.02. The number of pyridine rings is 1. The second kappa shape index (κ2) is 5.84. The van der Waals surface area contributed by atoms with Gasteiger partial charge in [-0.05, 0) is 17.7 Å². The molecule has 0 atom stereocenters. The molecular formula is C13H16ClN5. The zero-order chi connectivity index (χ0) is 13.8. The second-order valence-electron chi connectivity index (χ2n) is 4.50. The van der Waals surface area contributed by atoms with E-state index in [0.717, 1.165) is 5.56 Å². The van der Waals surface area contributed by atoms with Crippen LogP contribution in [0, 0.1) is 0 Å². The van der Waals surface area contributed by atoms with Crippen LogP contribution in [-0.2, 0) is 6.54 Å². The fourth-order valence-electron chi connectivity index (χ4n) is 1.54. The molecule has 0 aliphatic heterocycles. The number of nitrogens with zero attached hydrogens (tertiary/aromatic N) is 3. The molecule has 100 valence electrons. The molecule has 0 saturated carbocycles. The molecule has 0 amide bonds. The average Bonchev–Trinajstić information content (AvgIpc) is 2.41. The van der Waals surface area contributed by atoms with E-state index < -0.39 is 0 Å². The normalized spacial score (nSPS) is 10.7. The average molecular weight is 278 g/mol. The van der Waals surface area contributed by atoms with Gasteiger partial charge in [-0.1, -0.05) is 25.4 Å². The highest BCUT2D eigenvalue weighted by molar-refractivity contribution is 6.32. The van der Waals surface area contributed by atoms with Crippen molar-refractivity contribution in [2.45, 2.75) is 26.3 Å². The summed E-state index contributed by atoms with van der Waals surface area (Å²) < 4.78 is 0. The van der Waals surface area contributed by atoms with Gasteiger partial charge in [0.15, 0.2) is 11.0 Å². The summed E-state index contributed by atoms with van der Waals surface area (Å²) in [5.74, 6) is 1.44. The third-order valence-electron chi connectivity index (χ3n) is 2.64. The molecule has 0 radical (unpaired) electrons. The Labute approximate surface area is 117 Å². The minimum atomic E-state index is 0.194. The molecule has 2 aromatic heterocycles. The van der Waals surface area contributed by atoms with Crippen LogP contribution in [0.15, 0.2) is 24.5 Å². The van der Waals surface area contributed by atoms with E-state index in [1.807, 2.05) is 26.0 Å². The summed E-state index contributed by atoms with van der Waals surface area (Å²) in [6.07, 6.45) is 3.49. The summed E-state index contributed by atoms with van der Waals surface area (Å²) >= 11 is 6.02. The Morgan fingerprint density at radius 2 is 1.95 bits per heavy atom. The van der Waals surface area contributed by atoms with Gasteiger partial charge in [-0.2, -0.15) is 0 Å². The number of hydrogen-bond acceptors (Lipinski definition) is 5. The largest absolute Gasteiger partial charge is 0.393 e. The zero-order valence-electron chi connectivity index (χ0n) is 10.9. The molecule has 2 heterocycles. The van der Waals surface area contributed by atoms with Crippen molar-refractivity contribution in [2.24, 2.45) is 0 Å². The van der Waals surface area contributed by atoms with Crippen LogP contribution >= 0.6 is 11.6 Å². The van der Waals surface area contributed by atoms with Crippen LogP contribution in [0.5, 0.6) is 0 Å². The maximum Gasteiger partial charge on any atom is 0.157 e. The van der Waals surface area contributed by atoms with Crippen molar-refractivity contribution < 1.29 is 0 Å². The maximum atomic E-state index is 6.02. The van der Waals surface area contributed by atoms with Gasteiger partial charge in [0.1, 0.15) is 11.5 Å². The molecule has 0 spiro atoms. The number of nitrogens with one attached hydrogen (secondary N) is 1. The molecular weight excluding hydrogens is 262 g/mol. The standard InChI is InChI=1S/C13H16ClN5/c1-8(2)12-18-11(14)10(15)13(19-12)17-7-9-3-5-16-6-4-9/h3-6,8H,7,15H2,1-2H3,(H,17,18,19). The van der Waals surface area contributed by atoms with Crippen molar-refractivity contribution in [3.05, 3.63) is 41.1 Å². The fourth-order valence-corrected chi connectivity index (χ4v) is 1.71. The number of aromatic nitrogens is 3. The first-order valence-electron chi connectivity index (χ1n) is 6.03. The summed E-state index contributed by atoms with van der Waals surface area (Å²) in [7, 11) is 0. The third kappa shape index (κ3) is 3.32. The van der Waals surface area contributed by atoms with Crippen molar-refractivity contribution >= 4 is 23.1 Å². The first kappa shape index (κ1) is 13.5. The van der Waals surface area contributed by atoms with Gasteiger partial charge < -0.3 is 11.1 Å². The van der Waals surface area contributed by atoms with Crippen molar-refractivity contribution in [1.82, 2.24) is 15.0 Å². The van der Waals surface area contributed by atoms with Gasteiger partial charge in [0.2, 0.25) is 0 Å². The van der Waals surface area contributed by atoms with E-state index in [2.05, 4.69) is 20.3 Å². The minimum Gasteiger partial charge on any atom is -0.393 e. The Hall–Kier alpha value is -1.88. The lowest BCUT2D eigenvalue weighted by atomic mass is 10.2. The molecule has 5 nitrogen and oxygen atoms in total. The molecule has 0 aliphatic rings. The summed E-state index contributed by atoms with van der Waals surface area (Å²) in [5, 5.41) is 3.46. The topological polar surface area (TPSA) is 76.7 Å². The predicted octanol–water partition coefficient (Wildman–Crippen LogP) is 2.84. The van der Waals surface area contributed by atoms with Crippen molar-refractivity contribution in [2.75, 3.05) is 11.1 Å². The van der Waals surface area contributed by atoms with E-state index >= 15 is 0 Å². The number of nitrogens with two attached hydrogens (primary N) is 1. The van der Waals surface area contributed by atoms with Gasteiger partial charge in [0.25, 0.3) is 0 Å². The Balaban J connectivity index is 2.20. The number of rotatable bonds is 4. The van der Waals surface area contributed by atoms with Crippen LogP contribution in [0.4, 0.5) is 11.5 Å². The van der Waals surface area contributed by atoms with Crippen LogP contribution in [0.3, 0.4) is 0 Å². The number of hydrogen-bond donors (Lipinski definition) is 2. The van der Waals surface area contributed by atoms with Gasteiger partial charge in [0.05, 0.1) is 0 Å². The zero-order valence-corrected chi connectivity index (χ0v) is 11.6. The SMILES string of the molecule is CC(C)c1nc(Cl)c(N)c(NCc2ccncc2)n1. The lowest BCUT2D eigenvalue weighted by molar-refractivity contribution is 0.775. The Kier molecular flexibility index (Phi) is 4.16. The van der Waals surface area contributed by atoms with Gasteiger partial charge in [-0.3, -0.25) is 4.98 Å². The highest BCUT2D eigenvalue weighted by Crippen LogP contribution is 2.26. The predicted molar refractivity (Wildman–Crippen MR) is 77.1 cm³/mol. The molecule has 2 rings (SSSR count). The van der Waals surface area contributed by atoms with E-state index in [1.165, 1.54) is 0 Å². The van der Waals surface area contributed by atoms with Crippen LogP contribution < -0.4 is 11.1 Å². The molecule has 0 aliphatic carbocycles. The molecule has 3 N–H and O–H groups in total. The summed E-state index contributed by atoms with van der Waals surface area (Å²) in [6, 6.07) is 3.85. The molecule has 0 aromatic carbocycles. The Bertz CT molecular complexity index is 556. The van der Waals surface area contributed by atoms with Crippen molar-refractivity contribution in [1.29, 1.82) is 0 Å². The minimum absolute atomic E-state index is 0.194. The van der Waals surface area contributed by atoms with Crippen molar-refractivity contribution in [3.8, 4) is 0 Å². The fraction of sp³-hybridized carbons (Fsp3) is 0.308. The first-order valence-corrected chi connectivity index (χ1v) is 6.41. The van der Waals surface area contributed by atoms with Crippen LogP contribution in [-0.4, -0.2) is 15.0 Å². The van der Waals surface area contributed by atoms with Gasteiger partial charge >= 0.3 is 0 Å². The number of anilines is 2. The molecule has 0 fully saturated rings. The van der Waals surface area contributed by atoms with Crippen LogP contribution in [0.2, 0.25) is 5.15 Å². The summed E-state index contributed by atoms with van der Waals surface area (Å²) in [6.45, 7) is 4.63. The Morgan fingerprint density at radius 1 is 1.26 bits per heavy atom. The van der Waals surface area contributed by atoms with Gasteiger partial charge in [-0.15, -0.1) is 0 Å². The quantitative estimate of drug-likeness (QED) is 0.841. The molecule has 19 heavy (non-hydrogen) atoms. The van der Waals surface area contributed by atoms with E-state index in [-0.39, 0.29) is 11.1 Å². The molecule has 6 heteroatoms. The summed E-state index contributed by atoms with van der Waals surface area (Å²) in [4.78, 5) is 12.5. The van der Waals surface area contributed by atoms with E-state index in [9.17, 15) is 0 Å². The molecule has 2 aromatic rings. The van der Waals surface area contributed by atoms with E-state index in [0.29, 0.717) is 23.9 Å².